The molecule has 1 aliphatic rings. The van der Waals surface area contributed by atoms with Crippen molar-refractivity contribution in [3.8, 4) is 0 Å². The monoisotopic (exact) mass is 349 g/mol. The molecule has 1 saturated heterocycles. The summed E-state index contributed by atoms with van der Waals surface area (Å²) in [6, 6.07) is 9.93. The summed E-state index contributed by atoms with van der Waals surface area (Å²) >= 11 is 0. The zero-order valence-corrected chi connectivity index (χ0v) is 16.2. The molecule has 1 aromatic rings. The van der Waals surface area contributed by atoms with Crippen LogP contribution in [0.25, 0.3) is 0 Å². The second-order valence-corrected chi connectivity index (χ2v) is 8.25. The van der Waals surface area contributed by atoms with E-state index in [-0.39, 0.29) is 24.2 Å². The third-order valence-electron chi connectivity index (χ3n) is 4.85. The van der Waals surface area contributed by atoms with Gasteiger partial charge in [0.2, 0.25) is 0 Å². The molecule has 3 atom stereocenters. The van der Waals surface area contributed by atoms with Gasteiger partial charge in [-0.05, 0) is 11.5 Å². The first kappa shape index (κ1) is 19.9. The normalized spacial score (nSPS) is 26.0. The maximum atomic E-state index is 12.9. The molecule has 1 N–H and O–H groups in total. The van der Waals surface area contributed by atoms with Crippen molar-refractivity contribution in [2.24, 2.45) is 11.3 Å². The number of rotatable bonds is 5. The number of esters is 1. The number of carbonyl (C=O) groups is 1. The fraction of sp³-hybridized carbons (Fsp3) is 0.650. The molecule has 5 heteroatoms. The van der Waals surface area contributed by atoms with Gasteiger partial charge in [0.05, 0.1) is 19.8 Å². The first-order chi connectivity index (χ1) is 11.6. The zero-order chi connectivity index (χ0) is 18.8. The summed E-state index contributed by atoms with van der Waals surface area (Å²) in [6.07, 6.45) is -1.20. The van der Waals surface area contributed by atoms with Gasteiger partial charge in [0, 0.05) is 12.0 Å². The van der Waals surface area contributed by atoms with Crippen molar-refractivity contribution in [1.82, 2.24) is 4.90 Å². The fourth-order valence-electron chi connectivity index (χ4n) is 3.59. The minimum absolute atomic E-state index is 0.111. The SMILES string of the molecule is COC(=O)[C@@]1([C@H](O)C(C)C)CO[C@@H](C(C)(C)C)N1Cc1ccccc1. The largest absolute Gasteiger partial charge is 0.467 e. The second kappa shape index (κ2) is 7.44. The molecule has 1 heterocycles. The van der Waals surface area contributed by atoms with Crippen LogP contribution in [-0.2, 0) is 20.8 Å². The molecular weight excluding hydrogens is 318 g/mol. The fourth-order valence-corrected chi connectivity index (χ4v) is 3.59. The van der Waals surface area contributed by atoms with Crippen LogP contribution in [0.5, 0.6) is 0 Å². The number of hydrogen-bond donors (Lipinski definition) is 1. The lowest BCUT2D eigenvalue weighted by Crippen LogP contribution is -2.64. The van der Waals surface area contributed by atoms with Crippen molar-refractivity contribution in [3.63, 3.8) is 0 Å². The van der Waals surface area contributed by atoms with Crippen LogP contribution in [0.15, 0.2) is 30.3 Å². The van der Waals surface area contributed by atoms with Crippen molar-refractivity contribution in [2.75, 3.05) is 13.7 Å². The van der Waals surface area contributed by atoms with E-state index in [4.69, 9.17) is 9.47 Å². The van der Waals surface area contributed by atoms with Crippen LogP contribution < -0.4 is 0 Å². The molecule has 140 valence electrons. The Morgan fingerprint density at radius 3 is 2.44 bits per heavy atom. The van der Waals surface area contributed by atoms with Gasteiger partial charge in [0.1, 0.15) is 6.23 Å². The maximum absolute atomic E-state index is 12.9. The highest BCUT2D eigenvalue weighted by Crippen LogP contribution is 2.42. The maximum Gasteiger partial charge on any atom is 0.331 e. The molecular formula is C20H31NO4. The Morgan fingerprint density at radius 2 is 1.96 bits per heavy atom. The van der Waals surface area contributed by atoms with Crippen molar-refractivity contribution < 1.29 is 19.4 Å². The van der Waals surface area contributed by atoms with Crippen LogP contribution in [0.4, 0.5) is 0 Å². The van der Waals surface area contributed by atoms with Gasteiger partial charge in [0.25, 0.3) is 0 Å². The minimum Gasteiger partial charge on any atom is -0.467 e. The van der Waals surface area contributed by atoms with Crippen LogP contribution in [0, 0.1) is 11.3 Å². The Kier molecular flexibility index (Phi) is 5.92. The number of ether oxygens (including phenoxy) is 2. The van der Waals surface area contributed by atoms with Crippen LogP contribution >= 0.6 is 0 Å². The van der Waals surface area contributed by atoms with Gasteiger partial charge < -0.3 is 14.6 Å². The third kappa shape index (κ3) is 3.73. The van der Waals surface area contributed by atoms with E-state index in [1.807, 2.05) is 49.1 Å². The zero-order valence-electron chi connectivity index (χ0n) is 16.2. The number of aliphatic hydroxyl groups excluding tert-OH is 1. The molecule has 25 heavy (non-hydrogen) atoms. The Labute approximate surface area is 150 Å². The van der Waals surface area contributed by atoms with E-state index in [0.29, 0.717) is 6.54 Å². The van der Waals surface area contributed by atoms with Crippen molar-refractivity contribution in [3.05, 3.63) is 35.9 Å². The van der Waals surface area contributed by atoms with E-state index in [1.165, 1.54) is 7.11 Å². The van der Waals surface area contributed by atoms with Gasteiger partial charge >= 0.3 is 5.97 Å². The van der Waals surface area contributed by atoms with Gasteiger partial charge in [-0.25, -0.2) is 4.79 Å². The molecule has 0 radical (unpaired) electrons. The number of hydrogen-bond acceptors (Lipinski definition) is 5. The van der Waals surface area contributed by atoms with E-state index in [1.54, 1.807) is 0 Å². The summed E-state index contributed by atoms with van der Waals surface area (Å²) in [5, 5.41) is 11.0. The lowest BCUT2D eigenvalue weighted by molar-refractivity contribution is -0.167. The highest BCUT2D eigenvalue weighted by atomic mass is 16.6. The quantitative estimate of drug-likeness (QED) is 0.829. The molecule has 0 saturated carbocycles. The van der Waals surface area contributed by atoms with E-state index in [0.717, 1.165) is 5.56 Å². The molecule has 1 aliphatic heterocycles. The molecule has 0 unspecified atom stereocenters. The van der Waals surface area contributed by atoms with Crippen LogP contribution in [0.2, 0.25) is 0 Å². The molecule has 1 aromatic carbocycles. The summed E-state index contributed by atoms with van der Waals surface area (Å²) in [5.74, 6) is -0.559. The average Bonchev–Trinajstić information content (AvgIpc) is 2.94. The van der Waals surface area contributed by atoms with Gasteiger partial charge in [-0.15, -0.1) is 0 Å². The lowest BCUT2D eigenvalue weighted by atomic mass is 9.83. The summed E-state index contributed by atoms with van der Waals surface area (Å²) in [6.45, 7) is 10.6. The number of nitrogens with zero attached hydrogens (tertiary/aromatic N) is 1. The number of benzene rings is 1. The summed E-state index contributed by atoms with van der Waals surface area (Å²) < 4.78 is 11.2. The second-order valence-electron chi connectivity index (χ2n) is 8.25. The van der Waals surface area contributed by atoms with E-state index < -0.39 is 17.6 Å². The van der Waals surface area contributed by atoms with Gasteiger partial charge in [-0.3, -0.25) is 4.90 Å². The van der Waals surface area contributed by atoms with Crippen LogP contribution in [0.3, 0.4) is 0 Å². The molecule has 5 nitrogen and oxygen atoms in total. The molecule has 0 aliphatic carbocycles. The van der Waals surface area contributed by atoms with Crippen LogP contribution in [0.1, 0.15) is 40.2 Å². The Hall–Kier alpha value is -1.43. The molecule has 0 amide bonds. The van der Waals surface area contributed by atoms with Crippen LogP contribution in [-0.4, -0.2) is 47.6 Å². The Morgan fingerprint density at radius 1 is 1.36 bits per heavy atom. The standard InChI is InChI=1S/C20H31NO4/c1-14(2)16(22)20(18(23)24-6)13-25-17(19(3,4)5)21(20)12-15-10-8-7-9-11-15/h7-11,14,16-17,22H,12-13H2,1-6H3/t16-,17+,20+/m1/s1. The van der Waals surface area contributed by atoms with Crippen molar-refractivity contribution in [1.29, 1.82) is 0 Å². The van der Waals surface area contributed by atoms with Gasteiger partial charge in [-0.2, -0.15) is 0 Å². The smallest absolute Gasteiger partial charge is 0.331 e. The summed E-state index contributed by atoms with van der Waals surface area (Å²) in [5.41, 5.74) is -0.371. The first-order valence-electron chi connectivity index (χ1n) is 8.83. The molecule has 1 fully saturated rings. The van der Waals surface area contributed by atoms with Crippen molar-refractivity contribution >= 4 is 5.97 Å². The topological polar surface area (TPSA) is 59.0 Å². The molecule has 0 spiro atoms. The number of carbonyl (C=O) groups excluding carboxylic acids is 1. The predicted molar refractivity (Wildman–Crippen MR) is 96.8 cm³/mol. The first-order valence-corrected chi connectivity index (χ1v) is 8.83. The highest BCUT2D eigenvalue weighted by molar-refractivity contribution is 5.82. The molecule has 0 aromatic heterocycles. The van der Waals surface area contributed by atoms with E-state index in [2.05, 4.69) is 20.8 Å². The minimum atomic E-state index is -1.21. The van der Waals surface area contributed by atoms with Gasteiger partial charge in [0.15, 0.2) is 5.54 Å². The highest BCUT2D eigenvalue weighted by Gasteiger charge is 2.60. The van der Waals surface area contributed by atoms with Gasteiger partial charge in [-0.1, -0.05) is 65.0 Å². The number of aliphatic hydroxyl groups is 1. The lowest BCUT2D eigenvalue weighted by Gasteiger charge is -2.43. The Bertz CT molecular complexity index is 581. The van der Waals surface area contributed by atoms with Crippen molar-refractivity contribution in [2.45, 2.75) is 59.0 Å². The number of methoxy groups -OCH3 is 1. The Balaban J connectivity index is 2.53. The summed E-state index contributed by atoms with van der Waals surface area (Å²) in [4.78, 5) is 14.8. The summed E-state index contributed by atoms with van der Waals surface area (Å²) in [7, 11) is 1.36. The average molecular weight is 349 g/mol. The van der Waals surface area contributed by atoms with E-state index in [9.17, 15) is 9.90 Å². The molecule has 2 rings (SSSR count). The predicted octanol–water partition coefficient (Wildman–Crippen LogP) is 2.82. The van der Waals surface area contributed by atoms with E-state index >= 15 is 0 Å². The molecule has 0 bridgehead atoms. The third-order valence-corrected chi connectivity index (χ3v) is 4.85.